The Hall–Kier alpha value is -1.09. The predicted octanol–water partition coefficient (Wildman–Crippen LogP) is 2.26. The van der Waals surface area contributed by atoms with Gasteiger partial charge >= 0.3 is 0 Å². The fraction of sp³-hybridized carbons (Fsp3) is 0.455. The van der Waals surface area contributed by atoms with Crippen LogP contribution < -0.4 is 5.32 Å². The van der Waals surface area contributed by atoms with E-state index in [0.717, 1.165) is 6.42 Å². The predicted molar refractivity (Wildman–Crippen MR) is 58.9 cm³/mol. The van der Waals surface area contributed by atoms with E-state index in [1.807, 2.05) is 0 Å². The molecule has 4 heteroatoms. The maximum absolute atomic E-state index is 11.8. The van der Waals surface area contributed by atoms with Crippen LogP contribution in [-0.2, 0) is 0 Å². The average Bonchev–Trinajstić information content (AvgIpc) is 2.24. The first kappa shape index (κ1) is 10.4. The first-order chi connectivity index (χ1) is 7.18. The summed E-state index contributed by atoms with van der Waals surface area (Å²) in [5, 5.41) is 3.41. The maximum Gasteiger partial charge on any atom is 0.254 e. The number of pyridine rings is 1. The maximum atomic E-state index is 11.8. The third kappa shape index (κ3) is 2.12. The van der Waals surface area contributed by atoms with Gasteiger partial charge in [-0.3, -0.25) is 9.78 Å². The summed E-state index contributed by atoms with van der Waals surface area (Å²) in [4.78, 5) is 15.7. The highest BCUT2D eigenvalue weighted by Gasteiger charge is 2.28. The number of carbonyl (C=O) groups excluding carboxylic acids is 1. The van der Waals surface area contributed by atoms with Gasteiger partial charge in [0.25, 0.3) is 5.91 Å². The second-order valence-electron chi connectivity index (χ2n) is 3.99. The second kappa shape index (κ2) is 4.19. The van der Waals surface area contributed by atoms with Crippen molar-refractivity contribution < 1.29 is 4.79 Å². The van der Waals surface area contributed by atoms with E-state index < -0.39 is 0 Å². The third-order valence-corrected chi connectivity index (χ3v) is 3.28. The van der Waals surface area contributed by atoms with Crippen LogP contribution in [-0.4, -0.2) is 16.9 Å². The first-order valence-corrected chi connectivity index (χ1v) is 5.46. The summed E-state index contributed by atoms with van der Waals surface area (Å²) in [5.74, 6) is 0.453. The minimum atomic E-state index is -0.121. The zero-order valence-electron chi connectivity index (χ0n) is 8.53. The number of nitrogens with zero attached hydrogens (tertiary/aromatic N) is 1. The second-order valence-corrected chi connectivity index (χ2v) is 4.40. The van der Waals surface area contributed by atoms with E-state index in [1.165, 1.54) is 12.6 Å². The van der Waals surface area contributed by atoms with Crippen molar-refractivity contribution in [1.29, 1.82) is 0 Å². The fourth-order valence-electron chi connectivity index (χ4n) is 1.67. The highest BCUT2D eigenvalue weighted by Crippen LogP contribution is 2.27. The molecule has 15 heavy (non-hydrogen) atoms. The molecule has 1 aromatic rings. The lowest BCUT2D eigenvalue weighted by molar-refractivity contribution is 0.0884. The smallest absolute Gasteiger partial charge is 0.254 e. The molecular weight excluding hydrogens is 212 g/mol. The van der Waals surface area contributed by atoms with Gasteiger partial charge in [0.1, 0.15) is 0 Å². The molecule has 1 aliphatic rings. The van der Waals surface area contributed by atoms with Crippen LogP contribution in [0, 0.1) is 5.92 Å². The average molecular weight is 225 g/mol. The number of rotatable bonds is 2. The van der Waals surface area contributed by atoms with Gasteiger partial charge in [-0.05, 0) is 24.8 Å². The quantitative estimate of drug-likeness (QED) is 0.838. The number of halogens is 1. The number of hydrogen-bond donors (Lipinski definition) is 1. The Bertz CT molecular complexity index is 381. The van der Waals surface area contributed by atoms with Gasteiger partial charge in [0.2, 0.25) is 0 Å². The molecule has 1 saturated carbocycles. The monoisotopic (exact) mass is 224 g/mol. The van der Waals surface area contributed by atoms with Crippen LogP contribution in [0.1, 0.15) is 30.1 Å². The summed E-state index contributed by atoms with van der Waals surface area (Å²) in [5.41, 5.74) is 0.457. The zero-order chi connectivity index (χ0) is 10.8. The van der Waals surface area contributed by atoms with Gasteiger partial charge in [0.05, 0.1) is 10.6 Å². The molecule has 1 N–H and O–H groups in total. The zero-order valence-corrected chi connectivity index (χ0v) is 9.29. The summed E-state index contributed by atoms with van der Waals surface area (Å²) < 4.78 is 0. The molecule has 3 nitrogen and oxygen atoms in total. The molecule has 2 rings (SSSR count). The normalized spacial score (nSPS) is 24.4. The Labute approximate surface area is 93.8 Å². The van der Waals surface area contributed by atoms with Crippen molar-refractivity contribution in [3.63, 3.8) is 0 Å². The van der Waals surface area contributed by atoms with Gasteiger partial charge in [-0.25, -0.2) is 0 Å². The number of carbonyl (C=O) groups is 1. The van der Waals surface area contributed by atoms with Crippen molar-refractivity contribution in [2.45, 2.75) is 25.8 Å². The van der Waals surface area contributed by atoms with Crippen LogP contribution in [0.5, 0.6) is 0 Å². The minimum Gasteiger partial charge on any atom is -0.349 e. The van der Waals surface area contributed by atoms with Crippen LogP contribution >= 0.6 is 11.6 Å². The van der Waals surface area contributed by atoms with Gasteiger partial charge in [0.15, 0.2) is 0 Å². The van der Waals surface area contributed by atoms with E-state index in [9.17, 15) is 4.79 Å². The Morgan fingerprint density at radius 3 is 2.93 bits per heavy atom. The molecule has 2 unspecified atom stereocenters. The molecule has 0 spiro atoms. The van der Waals surface area contributed by atoms with E-state index >= 15 is 0 Å². The van der Waals surface area contributed by atoms with Crippen LogP contribution in [0.2, 0.25) is 5.02 Å². The van der Waals surface area contributed by atoms with Gasteiger partial charge in [-0.2, -0.15) is 0 Å². The van der Waals surface area contributed by atoms with E-state index in [2.05, 4.69) is 17.2 Å². The Kier molecular flexibility index (Phi) is 2.91. The molecule has 2 atom stereocenters. The largest absolute Gasteiger partial charge is 0.349 e. The van der Waals surface area contributed by atoms with Crippen LogP contribution in [0.4, 0.5) is 0 Å². The molecule has 0 bridgehead atoms. The van der Waals surface area contributed by atoms with Crippen molar-refractivity contribution in [3.05, 3.63) is 29.0 Å². The van der Waals surface area contributed by atoms with Gasteiger partial charge < -0.3 is 5.32 Å². The van der Waals surface area contributed by atoms with Crippen LogP contribution in [0.15, 0.2) is 18.5 Å². The summed E-state index contributed by atoms with van der Waals surface area (Å²) in [6.07, 6.45) is 5.32. The third-order valence-electron chi connectivity index (χ3n) is 2.95. The Balaban J connectivity index is 2.05. The van der Waals surface area contributed by atoms with Crippen molar-refractivity contribution in [2.24, 2.45) is 5.92 Å². The highest BCUT2D eigenvalue weighted by molar-refractivity contribution is 6.33. The highest BCUT2D eigenvalue weighted by atomic mass is 35.5. The SMILES string of the molecule is CC1CCC1NC(=O)c1cnccc1Cl. The molecule has 1 fully saturated rings. The van der Waals surface area contributed by atoms with E-state index in [4.69, 9.17) is 11.6 Å². The molecule has 0 aliphatic heterocycles. The molecule has 80 valence electrons. The van der Waals surface area contributed by atoms with Gasteiger partial charge in [0, 0.05) is 18.4 Å². The molecule has 0 saturated heterocycles. The van der Waals surface area contributed by atoms with Crippen molar-refractivity contribution in [2.75, 3.05) is 0 Å². The molecule has 1 amide bonds. The Morgan fingerprint density at radius 1 is 1.60 bits per heavy atom. The topological polar surface area (TPSA) is 42.0 Å². The van der Waals surface area contributed by atoms with Crippen LogP contribution in [0.25, 0.3) is 0 Å². The number of hydrogen-bond acceptors (Lipinski definition) is 2. The van der Waals surface area contributed by atoms with Crippen molar-refractivity contribution >= 4 is 17.5 Å². The molecular formula is C11H13ClN2O. The molecule has 1 aromatic heterocycles. The molecule has 1 heterocycles. The number of nitrogens with one attached hydrogen (secondary N) is 1. The summed E-state index contributed by atoms with van der Waals surface area (Å²) in [6.45, 7) is 2.14. The van der Waals surface area contributed by atoms with Crippen LogP contribution in [0.3, 0.4) is 0 Å². The minimum absolute atomic E-state index is 0.121. The number of amides is 1. The van der Waals surface area contributed by atoms with E-state index in [0.29, 0.717) is 22.5 Å². The van der Waals surface area contributed by atoms with Crippen molar-refractivity contribution in [1.82, 2.24) is 10.3 Å². The molecule has 1 aliphatic carbocycles. The standard InChI is InChI=1S/C11H13ClN2O/c1-7-2-3-10(7)14-11(15)8-6-13-5-4-9(8)12/h4-7,10H,2-3H2,1H3,(H,14,15). The van der Waals surface area contributed by atoms with Gasteiger partial charge in [-0.1, -0.05) is 18.5 Å². The fourth-order valence-corrected chi connectivity index (χ4v) is 1.86. The van der Waals surface area contributed by atoms with Gasteiger partial charge in [-0.15, -0.1) is 0 Å². The van der Waals surface area contributed by atoms with E-state index in [1.54, 1.807) is 12.3 Å². The number of aromatic nitrogens is 1. The Morgan fingerprint density at radius 2 is 2.40 bits per heavy atom. The lowest BCUT2D eigenvalue weighted by Crippen LogP contribution is -2.45. The lowest BCUT2D eigenvalue weighted by Gasteiger charge is -2.34. The summed E-state index contributed by atoms with van der Waals surface area (Å²) in [7, 11) is 0. The lowest BCUT2D eigenvalue weighted by atomic mass is 9.81. The first-order valence-electron chi connectivity index (χ1n) is 5.09. The van der Waals surface area contributed by atoms with Crippen molar-refractivity contribution in [3.8, 4) is 0 Å². The molecule has 0 radical (unpaired) electrons. The molecule has 0 aromatic carbocycles. The summed E-state index contributed by atoms with van der Waals surface area (Å²) in [6, 6.07) is 1.93. The summed E-state index contributed by atoms with van der Waals surface area (Å²) >= 11 is 5.90. The van der Waals surface area contributed by atoms with E-state index in [-0.39, 0.29) is 5.91 Å².